The van der Waals surface area contributed by atoms with E-state index >= 15 is 0 Å². The fourth-order valence-electron chi connectivity index (χ4n) is 2.47. The number of benzene rings is 1. The molecule has 0 spiro atoms. The van der Waals surface area contributed by atoms with Crippen molar-refractivity contribution in [3.05, 3.63) is 35.4 Å². The molecule has 2 aliphatic heterocycles. The number of nitrogens with zero attached hydrogens (tertiary/aromatic N) is 1. The molecule has 0 saturated carbocycles. The van der Waals surface area contributed by atoms with Crippen LogP contribution in [0.5, 0.6) is 0 Å². The molecule has 15 heavy (non-hydrogen) atoms. The highest BCUT2D eigenvalue weighted by molar-refractivity contribution is 5.31. The van der Waals surface area contributed by atoms with Crippen LogP contribution in [0.1, 0.15) is 17.2 Å². The van der Waals surface area contributed by atoms with Crippen molar-refractivity contribution >= 4 is 0 Å². The van der Waals surface area contributed by atoms with Crippen LogP contribution in [0.3, 0.4) is 0 Å². The Bertz CT molecular complexity index is 360. The van der Waals surface area contributed by atoms with Gasteiger partial charge in [0.1, 0.15) is 0 Å². The first-order chi connectivity index (χ1) is 7.34. The average Bonchev–Trinajstić information content (AvgIpc) is 2.24. The van der Waals surface area contributed by atoms with E-state index in [0.717, 1.165) is 26.3 Å². The maximum Gasteiger partial charge on any atom is 0.0721 e. The summed E-state index contributed by atoms with van der Waals surface area (Å²) in [5.74, 6) is 0. The van der Waals surface area contributed by atoms with Crippen LogP contribution in [0.15, 0.2) is 24.3 Å². The topological polar surface area (TPSA) is 38.5 Å². The maximum absolute atomic E-state index is 5.81. The fraction of sp³-hybridized carbons (Fsp3) is 0.500. The van der Waals surface area contributed by atoms with Crippen molar-refractivity contribution in [3.63, 3.8) is 0 Å². The summed E-state index contributed by atoms with van der Waals surface area (Å²) in [6.07, 6.45) is 0. The molecule has 0 amide bonds. The molecule has 80 valence electrons. The van der Waals surface area contributed by atoms with E-state index in [2.05, 4.69) is 29.2 Å². The van der Waals surface area contributed by atoms with Gasteiger partial charge in [-0.05, 0) is 11.1 Å². The van der Waals surface area contributed by atoms with Crippen LogP contribution in [-0.2, 0) is 11.3 Å². The normalized spacial score (nSPS) is 27.1. The van der Waals surface area contributed by atoms with Gasteiger partial charge in [-0.2, -0.15) is 0 Å². The van der Waals surface area contributed by atoms with Gasteiger partial charge < -0.3 is 10.5 Å². The monoisotopic (exact) mass is 204 g/mol. The molecule has 1 aromatic rings. The Labute approximate surface area is 89.8 Å². The van der Waals surface area contributed by atoms with Gasteiger partial charge in [0.25, 0.3) is 0 Å². The third kappa shape index (κ3) is 1.57. The Morgan fingerprint density at radius 1 is 1.27 bits per heavy atom. The smallest absolute Gasteiger partial charge is 0.0721 e. The van der Waals surface area contributed by atoms with Crippen LogP contribution in [0.25, 0.3) is 0 Å². The van der Waals surface area contributed by atoms with E-state index in [4.69, 9.17) is 10.5 Å². The molecule has 1 fully saturated rings. The molecule has 1 unspecified atom stereocenters. The number of likely N-dealkylation sites (tertiary alicyclic amines) is 1. The van der Waals surface area contributed by atoms with Gasteiger partial charge in [-0.15, -0.1) is 0 Å². The summed E-state index contributed by atoms with van der Waals surface area (Å²) in [5, 5.41) is 0. The number of hydrogen-bond acceptors (Lipinski definition) is 3. The molecule has 2 heterocycles. The zero-order valence-electron chi connectivity index (χ0n) is 8.73. The first kappa shape index (κ1) is 9.33. The van der Waals surface area contributed by atoms with Gasteiger partial charge >= 0.3 is 0 Å². The van der Waals surface area contributed by atoms with Gasteiger partial charge in [-0.25, -0.2) is 0 Å². The third-order valence-corrected chi connectivity index (χ3v) is 3.33. The quantitative estimate of drug-likeness (QED) is 0.738. The lowest BCUT2D eigenvalue weighted by Crippen LogP contribution is -2.57. The predicted molar refractivity (Wildman–Crippen MR) is 58.4 cm³/mol. The van der Waals surface area contributed by atoms with Crippen molar-refractivity contribution < 1.29 is 4.74 Å². The lowest BCUT2D eigenvalue weighted by molar-refractivity contribution is -0.000814. The van der Waals surface area contributed by atoms with Crippen molar-refractivity contribution in [1.29, 1.82) is 0 Å². The highest BCUT2D eigenvalue weighted by atomic mass is 16.5. The molecule has 0 bridgehead atoms. The number of ether oxygens (including phenoxy) is 1. The van der Waals surface area contributed by atoms with Crippen LogP contribution < -0.4 is 5.73 Å². The SMILES string of the molecule is NC1CN(C2COCc3ccccc32)C1. The summed E-state index contributed by atoms with van der Waals surface area (Å²) in [6.45, 7) is 3.57. The molecule has 1 saturated heterocycles. The fourth-order valence-corrected chi connectivity index (χ4v) is 2.47. The lowest BCUT2D eigenvalue weighted by atomic mass is 9.94. The molecular weight excluding hydrogens is 188 g/mol. The van der Waals surface area contributed by atoms with Gasteiger partial charge in [0.05, 0.1) is 19.3 Å². The zero-order valence-corrected chi connectivity index (χ0v) is 8.73. The number of rotatable bonds is 1. The minimum absolute atomic E-state index is 0.360. The third-order valence-electron chi connectivity index (χ3n) is 3.33. The molecule has 1 aromatic carbocycles. The predicted octanol–water partition coefficient (Wildman–Crippen LogP) is 0.901. The highest BCUT2D eigenvalue weighted by Gasteiger charge is 2.33. The van der Waals surface area contributed by atoms with E-state index in [9.17, 15) is 0 Å². The van der Waals surface area contributed by atoms with Crippen molar-refractivity contribution in [2.24, 2.45) is 5.73 Å². The largest absolute Gasteiger partial charge is 0.375 e. The Morgan fingerprint density at radius 3 is 2.87 bits per heavy atom. The highest BCUT2D eigenvalue weighted by Crippen LogP contribution is 2.31. The first-order valence-corrected chi connectivity index (χ1v) is 5.50. The Morgan fingerprint density at radius 2 is 2.07 bits per heavy atom. The van der Waals surface area contributed by atoms with Gasteiger partial charge in [-0.3, -0.25) is 4.90 Å². The maximum atomic E-state index is 5.81. The van der Waals surface area contributed by atoms with Crippen molar-refractivity contribution in [1.82, 2.24) is 4.90 Å². The van der Waals surface area contributed by atoms with Gasteiger partial charge in [0.15, 0.2) is 0 Å². The van der Waals surface area contributed by atoms with Crippen molar-refractivity contribution in [2.75, 3.05) is 19.7 Å². The zero-order chi connectivity index (χ0) is 10.3. The standard InChI is InChI=1S/C12H16N2O/c13-10-5-14(6-10)12-8-15-7-9-3-1-2-4-11(9)12/h1-4,10,12H,5-8,13H2. The second-order valence-electron chi connectivity index (χ2n) is 4.44. The van der Waals surface area contributed by atoms with Crippen molar-refractivity contribution in [2.45, 2.75) is 18.7 Å². The molecule has 0 radical (unpaired) electrons. The van der Waals surface area contributed by atoms with Crippen LogP contribution in [0.4, 0.5) is 0 Å². The molecule has 2 N–H and O–H groups in total. The molecule has 1 atom stereocenters. The second-order valence-corrected chi connectivity index (χ2v) is 4.44. The summed E-state index contributed by atoms with van der Waals surface area (Å²) in [6, 6.07) is 9.34. The minimum Gasteiger partial charge on any atom is -0.375 e. The molecule has 0 aromatic heterocycles. The number of nitrogens with two attached hydrogens (primary N) is 1. The average molecular weight is 204 g/mol. The summed E-state index contributed by atoms with van der Waals surface area (Å²) in [5.41, 5.74) is 8.57. The van der Waals surface area contributed by atoms with E-state index in [1.165, 1.54) is 11.1 Å². The van der Waals surface area contributed by atoms with E-state index < -0.39 is 0 Å². The van der Waals surface area contributed by atoms with E-state index in [-0.39, 0.29) is 0 Å². The first-order valence-electron chi connectivity index (χ1n) is 5.50. The molecule has 3 heteroatoms. The molecule has 3 rings (SSSR count). The second kappa shape index (κ2) is 3.59. The van der Waals surface area contributed by atoms with E-state index in [0.29, 0.717) is 12.1 Å². The van der Waals surface area contributed by atoms with E-state index in [1.54, 1.807) is 0 Å². The van der Waals surface area contributed by atoms with E-state index in [1.807, 2.05) is 0 Å². The van der Waals surface area contributed by atoms with Crippen molar-refractivity contribution in [3.8, 4) is 0 Å². The van der Waals surface area contributed by atoms with Gasteiger partial charge in [0, 0.05) is 19.1 Å². The van der Waals surface area contributed by atoms with Gasteiger partial charge in [-0.1, -0.05) is 24.3 Å². The van der Waals surface area contributed by atoms with Crippen LogP contribution in [0, 0.1) is 0 Å². The summed E-state index contributed by atoms with van der Waals surface area (Å²) in [7, 11) is 0. The Hall–Kier alpha value is -0.900. The number of fused-ring (bicyclic) bond motifs is 1. The van der Waals surface area contributed by atoms with Gasteiger partial charge in [0.2, 0.25) is 0 Å². The molecule has 2 aliphatic rings. The van der Waals surface area contributed by atoms with Crippen LogP contribution in [-0.4, -0.2) is 30.6 Å². The number of hydrogen-bond donors (Lipinski definition) is 1. The summed E-state index contributed by atoms with van der Waals surface area (Å²) < 4.78 is 5.62. The molecule has 3 nitrogen and oxygen atoms in total. The lowest BCUT2D eigenvalue weighted by Gasteiger charge is -2.44. The summed E-state index contributed by atoms with van der Waals surface area (Å²) in [4.78, 5) is 2.41. The minimum atomic E-state index is 0.360. The Balaban J connectivity index is 1.86. The van der Waals surface area contributed by atoms with Crippen LogP contribution >= 0.6 is 0 Å². The van der Waals surface area contributed by atoms with Crippen LogP contribution in [0.2, 0.25) is 0 Å². The molecule has 0 aliphatic carbocycles. The Kier molecular flexibility index (Phi) is 2.24. The summed E-state index contributed by atoms with van der Waals surface area (Å²) >= 11 is 0. The molecular formula is C12H16N2O.